The fourth-order valence-corrected chi connectivity index (χ4v) is 2.97. The van der Waals surface area contributed by atoms with Gasteiger partial charge in [0.2, 0.25) is 0 Å². The average molecular weight is 313 g/mol. The minimum atomic E-state index is -3.11. The van der Waals surface area contributed by atoms with Gasteiger partial charge in [-0.1, -0.05) is 6.92 Å². The summed E-state index contributed by atoms with van der Waals surface area (Å²) in [6.45, 7) is 13.2. The lowest BCUT2D eigenvalue weighted by atomic mass is 9.96. The Morgan fingerprint density at radius 1 is 1.14 bits per heavy atom. The molecule has 1 atom stereocenters. The lowest BCUT2D eigenvalue weighted by molar-refractivity contribution is 0.411. The molecule has 0 aliphatic heterocycles. The molecule has 0 aliphatic rings. The van der Waals surface area contributed by atoms with Crippen molar-refractivity contribution < 1.29 is 8.42 Å². The number of sulfone groups is 1. The Balaban J connectivity index is 2.99. The topological polar surface area (TPSA) is 72.0 Å². The predicted molar refractivity (Wildman–Crippen MR) is 86.2 cm³/mol. The van der Waals surface area contributed by atoms with Gasteiger partial charge in [-0.15, -0.1) is 0 Å². The Morgan fingerprint density at radius 3 is 2.00 bits per heavy atom. The monoisotopic (exact) mass is 313 g/mol. The Bertz CT molecular complexity index is 581. The van der Waals surface area contributed by atoms with Crippen LogP contribution in [0.25, 0.3) is 0 Å². The van der Waals surface area contributed by atoms with Gasteiger partial charge >= 0.3 is 0 Å². The quantitative estimate of drug-likeness (QED) is 0.901. The zero-order chi connectivity index (χ0) is 16.4. The molecule has 0 bridgehead atoms. The Labute approximate surface area is 128 Å². The van der Waals surface area contributed by atoms with Crippen LogP contribution in [-0.2, 0) is 15.6 Å². The molecule has 0 fully saturated rings. The molecule has 21 heavy (non-hydrogen) atoms. The molecule has 1 N–H and O–H groups in total. The van der Waals surface area contributed by atoms with E-state index in [1.54, 1.807) is 0 Å². The zero-order valence-corrected chi connectivity index (χ0v) is 14.9. The van der Waals surface area contributed by atoms with Gasteiger partial charge in [-0.05, 0) is 46.1 Å². The summed E-state index contributed by atoms with van der Waals surface area (Å²) in [5.74, 6) is 0.549. The van der Waals surface area contributed by atoms with Crippen LogP contribution in [0.5, 0.6) is 0 Å². The summed E-state index contributed by atoms with van der Waals surface area (Å²) in [5, 5.41) is 3.48. The molecule has 0 aromatic carbocycles. The zero-order valence-electron chi connectivity index (χ0n) is 14.1. The van der Waals surface area contributed by atoms with Crippen LogP contribution in [0.15, 0.2) is 0 Å². The summed E-state index contributed by atoms with van der Waals surface area (Å²) in [7, 11) is -3.11. The SMILES string of the molecule is Cc1nc(CS(C)(=O)=O)nc(C)c1C(C)CNC(C)(C)C. The van der Waals surface area contributed by atoms with Gasteiger partial charge in [-0.2, -0.15) is 0 Å². The van der Waals surface area contributed by atoms with Crippen LogP contribution < -0.4 is 5.32 Å². The van der Waals surface area contributed by atoms with Gasteiger partial charge in [-0.25, -0.2) is 18.4 Å². The van der Waals surface area contributed by atoms with Crippen molar-refractivity contribution in [1.82, 2.24) is 15.3 Å². The highest BCUT2D eigenvalue weighted by molar-refractivity contribution is 7.89. The molecule has 0 saturated carbocycles. The number of aryl methyl sites for hydroxylation is 2. The average Bonchev–Trinajstić information content (AvgIpc) is 2.21. The van der Waals surface area contributed by atoms with Crippen LogP contribution in [0.2, 0.25) is 0 Å². The predicted octanol–water partition coefficient (Wildman–Crippen LogP) is 2.13. The summed E-state index contributed by atoms with van der Waals surface area (Å²) in [4.78, 5) is 8.73. The molecule has 1 heterocycles. The molecule has 1 unspecified atom stereocenters. The maximum absolute atomic E-state index is 11.4. The molecular weight excluding hydrogens is 286 g/mol. The molecule has 6 heteroatoms. The van der Waals surface area contributed by atoms with Gasteiger partial charge in [0.15, 0.2) is 9.84 Å². The number of nitrogens with one attached hydrogen (secondary N) is 1. The molecule has 120 valence electrons. The second kappa shape index (κ2) is 6.40. The summed E-state index contributed by atoms with van der Waals surface area (Å²) in [6, 6.07) is 0. The van der Waals surface area contributed by atoms with E-state index in [4.69, 9.17) is 0 Å². The highest BCUT2D eigenvalue weighted by Gasteiger charge is 2.18. The van der Waals surface area contributed by atoms with Gasteiger partial charge in [0, 0.05) is 29.7 Å². The van der Waals surface area contributed by atoms with Crippen LogP contribution in [0.1, 0.15) is 56.4 Å². The van der Waals surface area contributed by atoms with E-state index < -0.39 is 9.84 Å². The minimum absolute atomic E-state index is 0.0627. The molecule has 5 nitrogen and oxygen atoms in total. The number of nitrogens with zero attached hydrogens (tertiary/aromatic N) is 2. The van der Waals surface area contributed by atoms with Crippen molar-refractivity contribution >= 4 is 9.84 Å². The molecule has 1 aromatic heterocycles. The van der Waals surface area contributed by atoms with Crippen molar-refractivity contribution in [2.75, 3.05) is 12.8 Å². The van der Waals surface area contributed by atoms with Gasteiger partial charge in [0.25, 0.3) is 0 Å². The van der Waals surface area contributed by atoms with E-state index in [1.807, 2.05) is 13.8 Å². The normalized spacial score (nSPS) is 14.2. The van der Waals surface area contributed by atoms with Gasteiger partial charge in [-0.3, -0.25) is 0 Å². The van der Waals surface area contributed by atoms with Crippen molar-refractivity contribution in [2.24, 2.45) is 0 Å². The van der Waals surface area contributed by atoms with Crippen LogP contribution in [0.4, 0.5) is 0 Å². The molecule has 1 aromatic rings. The Hall–Kier alpha value is -1.01. The number of hydrogen-bond donors (Lipinski definition) is 1. The maximum Gasteiger partial charge on any atom is 0.154 e. The smallest absolute Gasteiger partial charge is 0.154 e. The van der Waals surface area contributed by atoms with E-state index in [9.17, 15) is 8.42 Å². The molecule has 0 aliphatic carbocycles. The van der Waals surface area contributed by atoms with Gasteiger partial charge in [0.05, 0.1) is 0 Å². The van der Waals surface area contributed by atoms with E-state index in [1.165, 1.54) is 6.26 Å². The first-order chi connectivity index (χ1) is 9.39. The first-order valence-electron chi connectivity index (χ1n) is 7.16. The summed E-state index contributed by atoms with van der Waals surface area (Å²) in [6.07, 6.45) is 1.20. The molecule has 0 radical (unpaired) electrons. The van der Waals surface area contributed by atoms with E-state index in [2.05, 4.69) is 43.0 Å². The standard InChI is InChI=1S/C15H27N3O2S/c1-10(8-16-15(4,5)6)14-11(2)17-13(18-12(14)3)9-21(7,19)20/h10,16H,8-9H2,1-7H3. The number of rotatable bonds is 5. The van der Waals surface area contributed by atoms with Crippen molar-refractivity contribution in [2.45, 2.75) is 58.8 Å². The lowest BCUT2D eigenvalue weighted by Crippen LogP contribution is -2.38. The third-order valence-electron chi connectivity index (χ3n) is 3.20. The minimum Gasteiger partial charge on any atom is -0.311 e. The van der Waals surface area contributed by atoms with Crippen LogP contribution >= 0.6 is 0 Å². The molecule has 1 rings (SSSR count). The van der Waals surface area contributed by atoms with Crippen LogP contribution in [0, 0.1) is 13.8 Å². The highest BCUT2D eigenvalue weighted by atomic mass is 32.2. The largest absolute Gasteiger partial charge is 0.311 e. The lowest BCUT2D eigenvalue weighted by Gasteiger charge is -2.25. The van der Waals surface area contributed by atoms with E-state index >= 15 is 0 Å². The van der Waals surface area contributed by atoms with E-state index in [-0.39, 0.29) is 17.2 Å². The second-order valence-corrected chi connectivity index (χ2v) is 8.97. The number of hydrogen-bond acceptors (Lipinski definition) is 5. The maximum atomic E-state index is 11.4. The van der Waals surface area contributed by atoms with Crippen molar-refractivity contribution in [3.8, 4) is 0 Å². The first-order valence-corrected chi connectivity index (χ1v) is 9.22. The van der Waals surface area contributed by atoms with E-state index in [0.29, 0.717) is 5.82 Å². The van der Waals surface area contributed by atoms with E-state index in [0.717, 1.165) is 23.5 Å². The fraction of sp³-hybridized carbons (Fsp3) is 0.733. The molecule has 0 saturated heterocycles. The first kappa shape index (κ1) is 18.0. The van der Waals surface area contributed by atoms with Crippen molar-refractivity contribution in [3.05, 3.63) is 22.8 Å². The third-order valence-corrected chi connectivity index (χ3v) is 3.98. The summed E-state index contributed by atoms with van der Waals surface area (Å²) in [5.41, 5.74) is 2.89. The molecular formula is C15H27N3O2S. The molecule has 0 spiro atoms. The van der Waals surface area contributed by atoms with Crippen molar-refractivity contribution in [1.29, 1.82) is 0 Å². The summed E-state index contributed by atoms with van der Waals surface area (Å²) < 4.78 is 22.7. The third kappa shape index (κ3) is 6.09. The fourth-order valence-electron chi connectivity index (χ4n) is 2.37. The summed E-state index contributed by atoms with van der Waals surface area (Å²) >= 11 is 0. The van der Waals surface area contributed by atoms with Crippen molar-refractivity contribution in [3.63, 3.8) is 0 Å². The molecule has 0 amide bonds. The Kier molecular flexibility index (Phi) is 5.50. The van der Waals surface area contributed by atoms with Gasteiger partial charge < -0.3 is 5.32 Å². The highest BCUT2D eigenvalue weighted by Crippen LogP contribution is 2.22. The van der Waals surface area contributed by atoms with Crippen LogP contribution in [-0.4, -0.2) is 36.7 Å². The van der Waals surface area contributed by atoms with Crippen LogP contribution in [0.3, 0.4) is 0 Å². The van der Waals surface area contributed by atoms with Gasteiger partial charge in [0.1, 0.15) is 11.6 Å². The number of aromatic nitrogens is 2. The Morgan fingerprint density at radius 2 is 1.62 bits per heavy atom. The second-order valence-electron chi connectivity index (χ2n) is 6.83.